The van der Waals surface area contributed by atoms with Gasteiger partial charge in [0.1, 0.15) is 5.75 Å². The third-order valence-electron chi connectivity index (χ3n) is 3.20. The van der Waals surface area contributed by atoms with Gasteiger partial charge in [-0.3, -0.25) is 0 Å². The molecule has 0 aliphatic rings. The van der Waals surface area contributed by atoms with Crippen molar-refractivity contribution in [2.45, 2.75) is 6.42 Å². The largest absolute Gasteiger partial charge is 0.617 e. The molecule has 1 aromatic carbocycles. The first-order valence-corrected chi connectivity index (χ1v) is 7.93. The maximum absolute atomic E-state index is 11.0. The molecule has 0 saturated carbocycles. The molecule has 1 N–H and O–H groups in total. The van der Waals surface area contributed by atoms with E-state index >= 15 is 0 Å². The summed E-state index contributed by atoms with van der Waals surface area (Å²) in [6.07, 6.45) is 4.88. The Hall–Kier alpha value is -0.970. The van der Waals surface area contributed by atoms with Gasteiger partial charge in [0.15, 0.2) is 0 Å². The van der Waals surface area contributed by atoms with Gasteiger partial charge in [0, 0.05) is 30.2 Å². The van der Waals surface area contributed by atoms with Gasteiger partial charge in [-0.05, 0) is 25.1 Å². The molecular formula is C14H20N2OS. The minimum Gasteiger partial charge on any atom is -0.617 e. The molecule has 0 bridgehead atoms. The summed E-state index contributed by atoms with van der Waals surface area (Å²) >= 11 is -0.697. The number of fused-ring (bicyclic) bond motifs is 1. The maximum Gasteiger partial charge on any atom is 0.117 e. The molecule has 0 aliphatic heterocycles. The van der Waals surface area contributed by atoms with Crippen molar-refractivity contribution < 1.29 is 4.55 Å². The molecule has 2 rings (SSSR count). The van der Waals surface area contributed by atoms with Crippen LogP contribution in [0.25, 0.3) is 10.9 Å². The minimum absolute atomic E-state index is 0.697. The van der Waals surface area contributed by atoms with E-state index in [9.17, 15) is 4.55 Å². The van der Waals surface area contributed by atoms with Crippen LogP contribution in [0.4, 0.5) is 0 Å². The molecule has 4 heteroatoms. The van der Waals surface area contributed by atoms with Gasteiger partial charge in [-0.15, -0.1) is 0 Å². The predicted molar refractivity (Wildman–Crippen MR) is 78.4 cm³/mol. The first kappa shape index (κ1) is 13.5. The summed E-state index contributed by atoms with van der Waals surface area (Å²) in [7, 11) is 2.09. The van der Waals surface area contributed by atoms with E-state index in [0.29, 0.717) is 0 Å². The highest BCUT2D eigenvalue weighted by Gasteiger charge is 2.06. The van der Waals surface area contributed by atoms with E-state index in [4.69, 9.17) is 0 Å². The molecule has 1 heterocycles. The van der Waals surface area contributed by atoms with Crippen molar-refractivity contribution in [3.8, 4) is 0 Å². The zero-order chi connectivity index (χ0) is 13.0. The Labute approximate surface area is 111 Å². The molecule has 3 nitrogen and oxygen atoms in total. The minimum atomic E-state index is -0.697. The van der Waals surface area contributed by atoms with Gasteiger partial charge in [0.05, 0.1) is 6.26 Å². The van der Waals surface area contributed by atoms with E-state index in [0.717, 1.165) is 25.3 Å². The SMILES string of the molecule is CN(CCc1c[nH]c2ccccc12)CC[S+](C)[O-]. The predicted octanol–water partition coefficient (Wildman–Crippen LogP) is 2.02. The summed E-state index contributed by atoms with van der Waals surface area (Å²) in [4.78, 5) is 5.53. The molecule has 2 aromatic rings. The van der Waals surface area contributed by atoms with Crippen LogP contribution in [0.3, 0.4) is 0 Å². The van der Waals surface area contributed by atoms with E-state index in [1.807, 2.05) is 6.07 Å². The van der Waals surface area contributed by atoms with Crippen LogP contribution in [0.15, 0.2) is 30.5 Å². The first-order valence-electron chi connectivity index (χ1n) is 6.20. The first-order chi connectivity index (χ1) is 8.66. The van der Waals surface area contributed by atoms with Crippen LogP contribution >= 0.6 is 0 Å². The Balaban J connectivity index is 1.90. The van der Waals surface area contributed by atoms with E-state index < -0.39 is 11.2 Å². The Bertz CT molecular complexity index is 495. The van der Waals surface area contributed by atoms with Crippen LogP contribution < -0.4 is 0 Å². The van der Waals surface area contributed by atoms with Crippen LogP contribution in [0.1, 0.15) is 5.56 Å². The lowest BCUT2D eigenvalue weighted by molar-refractivity contribution is 0.358. The quantitative estimate of drug-likeness (QED) is 0.811. The number of rotatable bonds is 6. The molecule has 0 amide bonds. The van der Waals surface area contributed by atoms with Crippen LogP contribution in [-0.2, 0) is 17.6 Å². The van der Waals surface area contributed by atoms with Crippen LogP contribution in [0, 0.1) is 0 Å². The van der Waals surface area contributed by atoms with Gasteiger partial charge >= 0.3 is 0 Å². The summed E-state index contributed by atoms with van der Waals surface area (Å²) in [5.74, 6) is 0.754. The molecule has 1 unspecified atom stereocenters. The summed E-state index contributed by atoms with van der Waals surface area (Å²) in [5.41, 5.74) is 2.56. The standard InChI is InChI=1S/C14H20N2OS/c1-16(9-10-18(2)17)8-7-12-11-15-14-6-4-3-5-13(12)14/h3-6,11,15H,7-10H2,1-2H3. The molecule has 98 valence electrons. The lowest BCUT2D eigenvalue weighted by Crippen LogP contribution is -2.27. The van der Waals surface area contributed by atoms with Gasteiger partial charge in [-0.1, -0.05) is 29.4 Å². The third-order valence-corrected chi connectivity index (χ3v) is 3.96. The molecule has 0 saturated heterocycles. The Kier molecular flexibility index (Phi) is 4.69. The fourth-order valence-corrected chi connectivity index (χ4v) is 2.61. The number of hydrogen-bond donors (Lipinski definition) is 1. The van der Waals surface area contributed by atoms with Crippen LogP contribution in [-0.4, -0.2) is 46.6 Å². The van der Waals surface area contributed by atoms with E-state index in [1.54, 1.807) is 6.26 Å². The number of likely N-dealkylation sites (N-methyl/N-ethyl adjacent to an activating group) is 1. The Morgan fingerprint density at radius 1 is 1.28 bits per heavy atom. The topological polar surface area (TPSA) is 42.1 Å². The van der Waals surface area contributed by atoms with Gasteiger partial charge < -0.3 is 14.4 Å². The highest BCUT2D eigenvalue weighted by atomic mass is 32.2. The molecular weight excluding hydrogens is 244 g/mol. The molecule has 0 fully saturated rings. The second kappa shape index (κ2) is 6.27. The Morgan fingerprint density at radius 2 is 2.06 bits per heavy atom. The highest BCUT2D eigenvalue weighted by Crippen LogP contribution is 2.18. The number of hydrogen-bond acceptors (Lipinski definition) is 2. The average Bonchev–Trinajstić information content (AvgIpc) is 2.77. The number of nitrogens with one attached hydrogen (secondary N) is 1. The monoisotopic (exact) mass is 264 g/mol. The average molecular weight is 264 g/mol. The lowest BCUT2D eigenvalue weighted by Gasteiger charge is -2.16. The van der Waals surface area contributed by atoms with Crippen molar-refractivity contribution in [1.29, 1.82) is 0 Å². The van der Waals surface area contributed by atoms with Gasteiger partial charge in [0.2, 0.25) is 0 Å². The zero-order valence-corrected chi connectivity index (χ0v) is 11.8. The third kappa shape index (κ3) is 3.51. The molecule has 1 atom stereocenters. The molecule has 0 radical (unpaired) electrons. The molecule has 1 aromatic heterocycles. The number of nitrogens with zero attached hydrogens (tertiary/aromatic N) is 1. The fraction of sp³-hybridized carbons (Fsp3) is 0.429. The number of para-hydroxylation sites is 1. The lowest BCUT2D eigenvalue weighted by atomic mass is 10.1. The molecule has 18 heavy (non-hydrogen) atoms. The summed E-state index contributed by atoms with van der Waals surface area (Å²) in [5, 5.41) is 1.31. The van der Waals surface area contributed by atoms with Crippen LogP contribution in [0.2, 0.25) is 0 Å². The maximum atomic E-state index is 11.0. The van der Waals surface area contributed by atoms with E-state index in [1.165, 1.54) is 16.5 Å². The van der Waals surface area contributed by atoms with Crippen molar-refractivity contribution in [3.05, 3.63) is 36.0 Å². The number of benzene rings is 1. The fourth-order valence-electron chi connectivity index (χ4n) is 2.05. The smallest absolute Gasteiger partial charge is 0.117 e. The van der Waals surface area contributed by atoms with Crippen molar-refractivity contribution in [3.63, 3.8) is 0 Å². The summed E-state index contributed by atoms with van der Waals surface area (Å²) < 4.78 is 11.0. The zero-order valence-electron chi connectivity index (χ0n) is 11.0. The van der Waals surface area contributed by atoms with Crippen molar-refractivity contribution >= 4 is 22.1 Å². The van der Waals surface area contributed by atoms with E-state index in [2.05, 4.69) is 41.3 Å². The summed E-state index contributed by atoms with van der Waals surface area (Å²) in [6, 6.07) is 8.37. The second-order valence-electron chi connectivity index (χ2n) is 4.69. The normalized spacial score (nSPS) is 13.3. The highest BCUT2D eigenvalue weighted by molar-refractivity contribution is 7.90. The van der Waals surface area contributed by atoms with Gasteiger partial charge in [0.25, 0.3) is 0 Å². The van der Waals surface area contributed by atoms with Crippen LogP contribution in [0.5, 0.6) is 0 Å². The number of aromatic amines is 1. The Morgan fingerprint density at radius 3 is 2.83 bits per heavy atom. The molecule has 0 spiro atoms. The van der Waals surface area contributed by atoms with Crippen molar-refractivity contribution in [2.24, 2.45) is 0 Å². The molecule has 0 aliphatic carbocycles. The van der Waals surface area contributed by atoms with Crippen molar-refractivity contribution in [1.82, 2.24) is 9.88 Å². The van der Waals surface area contributed by atoms with Gasteiger partial charge in [-0.25, -0.2) is 0 Å². The van der Waals surface area contributed by atoms with Crippen molar-refractivity contribution in [2.75, 3.05) is 32.1 Å². The summed E-state index contributed by atoms with van der Waals surface area (Å²) in [6.45, 7) is 1.89. The number of aromatic nitrogens is 1. The number of H-pyrrole nitrogens is 1. The van der Waals surface area contributed by atoms with E-state index in [-0.39, 0.29) is 0 Å². The van der Waals surface area contributed by atoms with Gasteiger partial charge in [-0.2, -0.15) is 0 Å². The second-order valence-corrected chi connectivity index (χ2v) is 6.24.